The number of nitrogens with zero attached hydrogens (tertiary/aromatic N) is 3. The van der Waals surface area contributed by atoms with Gasteiger partial charge in [-0.25, -0.2) is 9.97 Å². The smallest absolute Gasteiger partial charge is 0.270 e. The first-order chi connectivity index (χ1) is 15.3. The Morgan fingerprint density at radius 3 is 2.69 bits per heavy atom. The van der Waals surface area contributed by atoms with Crippen LogP contribution in [0.1, 0.15) is 18.1 Å². The molecule has 7 nitrogen and oxygen atoms in total. The summed E-state index contributed by atoms with van der Waals surface area (Å²) in [5.41, 5.74) is 4.38. The highest BCUT2D eigenvalue weighted by Gasteiger charge is 2.18. The Morgan fingerprint density at radius 1 is 1.12 bits per heavy atom. The first-order valence-corrected chi connectivity index (χ1v) is 11.6. The minimum atomic E-state index is -0.443. The molecule has 4 rings (SSSR count). The summed E-state index contributed by atoms with van der Waals surface area (Å²) in [7, 11) is 0. The molecule has 0 saturated heterocycles. The topological polar surface area (TPSA) is 98.0 Å². The number of benzene rings is 2. The zero-order valence-electron chi connectivity index (χ0n) is 17.7. The molecule has 4 aromatic rings. The second-order valence-corrected chi connectivity index (χ2v) is 9.56. The number of aromatic nitrogens is 2. The molecule has 2 aromatic carbocycles. The SMILES string of the molecule is Cc1cc(SC(C)C(=O)Nc2nc(-c3cccc([N+](=O)[O-])c3)cs2)nc2c(C)cccc12. The third-order valence-corrected chi connectivity index (χ3v) is 6.75. The number of nitrogens with one attached hydrogen (secondary N) is 1. The molecular weight excluding hydrogens is 444 g/mol. The van der Waals surface area contributed by atoms with Gasteiger partial charge in [0.2, 0.25) is 5.91 Å². The van der Waals surface area contributed by atoms with E-state index >= 15 is 0 Å². The monoisotopic (exact) mass is 464 g/mol. The van der Waals surface area contributed by atoms with E-state index in [4.69, 9.17) is 4.98 Å². The van der Waals surface area contributed by atoms with E-state index < -0.39 is 4.92 Å². The highest BCUT2D eigenvalue weighted by molar-refractivity contribution is 8.00. The van der Waals surface area contributed by atoms with Crippen LogP contribution in [-0.4, -0.2) is 26.0 Å². The molecular formula is C23H20N4O3S2. The molecule has 1 N–H and O–H groups in total. The second kappa shape index (κ2) is 9.05. The van der Waals surface area contributed by atoms with Crippen molar-refractivity contribution < 1.29 is 9.72 Å². The van der Waals surface area contributed by atoms with Crippen LogP contribution in [0.2, 0.25) is 0 Å². The minimum absolute atomic E-state index is 0.000442. The van der Waals surface area contributed by atoms with Crippen molar-refractivity contribution in [3.05, 3.63) is 75.2 Å². The van der Waals surface area contributed by atoms with E-state index in [0.29, 0.717) is 16.4 Å². The fourth-order valence-electron chi connectivity index (χ4n) is 3.28. The van der Waals surface area contributed by atoms with Gasteiger partial charge in [0.1, 0.15) is 0 Å². The third kappa shape index (κ3) is 4.63. The fraction of sp³-hybridized carbons (Fsp3) is 0.174. The van der Waals surface area contributed by atoms with Gasteiger partial charge in [0, 0.05) is 28.5 Å². The van der Waals surface area contributed by atoms with Crippen molar-refractivity contribution in [2.45, 2.75) is 31.0 Å². The lowest BCUT2D eigenvalue weighted by Gasteiger charge is -2.12. The lowest BCUT2D eigenvalue weighted by molar-refractivity contribution is -0.384. The van der Waals surface area contributed by atoms with Crippen LogP contribution in [0.5, 0.6) is 0 Å². The number of nitro benzene ring substituents is 1. The molecule has 0 bridgehead atoms. The van der Waals surface area contributed by atoms with Crippen molar-refractivity contribution in [3.63, 3.8) is 0 Å². The molecule has 1 atom stereocenters. The molecule has 2 aromatic heterocycles. The number of carbonyl (C=O) groups excluding carboxylic acids is 1. The Bertz CT molecular complexity index is 1340. The summed E-state index contributed by atoms with van der Waals surface area (Å²) < 4.78 is 0. The molecule has 0 aliphatic carbocycles. The number of hydrogen-bond acceptors (Lipinski definition) is 7. The molecule has 1 amide bonds. The summed E-state index contributed by atoms with van der Waals surface area (Å²) >= 11 is 2.67. The van der Waals surface area contributed by atoms with Crippen molar-refractivity contribution in [2.24, 2.45) is 0 Å². The molecule has 0 aliphatic heterocycles. The van der Waals surface area contributed by atoms with E-state index in [1.165, 1.54) is 35.2 Å². The predicted molar refractivity (Wildman–Crippen MR) is 129 cm³/mol. The largest absolute Gasteiger partial charge is 0.301 e. The van der Waals surface area contributed by atoms with Gasteiger partial charge < -0.3 is 5.32 Å². The van der Waals surface area contributed by atoms with Gasteiger partial charge in [0.15, 0.2) is 5.13 Å². The van der Waals surface area contributed by atoms with Gasteiger partial charge in [-0.2, -0.15) is 0 Å². The lowest BCUT2D eigenvalue weighted by Crippen LogP contribution is -2.22. The van der Waals surface area contributed by atoms with Crippen LogP contribution >= 0.6 is 23.1 Å². The number of pyridine rings is 1. The lowest BCUT2D eigenvalue weighted by atomic mass is 10.1. The Morgan fingerprint density at radius 2 is 1.91 bits per heavy atom. The molecule has 0 spiro atoms. The second-order valence-electron chi connectivity index (χ2n) is 7.34. The summed E-state index contributed by atoms with van der Waals surface area (Å²) in [6.45, 7) is 5.90. The third-order valence-electron chi connectivity index (χ3n) is 4.98. The molecule has 0 fully saturated rings. The van der Waals surface area contributed by atoms with Gasteiger partial charge >= 0.3 is 0 Å². The number of nitro groups is 1. The zero-order valence-corrected chi connectivity index (χ0v) is 19.3. The van der Waals surface area contributed by atoms with Crippen LogP contribution in [0.3, 0.4) is 0 Å². The molecule has 1 unspecified atom stereocenters. The number of carbonyl (C=O) groups is 1. The summed E-state index contributed by atoms with van der Waals surface area (Å²) in [6, 6.07) is 14.4. The van der Waals surface area contributed by atoms with Crippen molar-refractivity contribution >= 4 is 50.7 Å². The Balaban J connectivity index is 1.47. The summed E-state index contributed by atoms with van der Waals surface area (Å²) in [5.74, 6) is -0.181. The van der Waals surface area contributed by atoms with E-state index in [2.05, 4.69) is 16.4 Å². The van der Waals surface area contributed by atoms with Crippen LogP contribution in [0.4, 0.5) is 10.8 Å². The van der Waals surface area contributed by atoms with E-state index in [-0.39, 0.29) is 16.8 Å². The molecule has 2 heterocycles. The number of hydrogen-bond donors (Lipinski definition) is 1. The summed E-state index contributed by atoms with van der Waals surface area (Å²) in [6.07, 6.45) is 0. The van der Waals surface area contributed by atoms with Crippen LogP contribution in [0.25, 0.3) is 22.2 Å². The Hall–Kier alpha value is -3.30. The van der Waals surface area contributed by atoms with Gasteiger partial charge in [-0.05, 0) is 38.0 Å². The number of non-ortho nitro benzene ring substituents is 1. The summed E-state index contributed by atoms with van der Waals surface area (Å²) in [4.78, 5) is 32.5. The zero-order chi connectivity index (χ0) is 22.8. The maximum atomic E-state index is 12.7. The average molecular weight is 465 g/mol. The standard InChI is InChI=1S/C23H20N4O3S2/c1-13-6-4-9-18-14(2)10-20(25-21(13)18)32-15(3)22(28)26-23-24-19(12-31-23)16-7-5-8-17(11-16)27(29)30/h4-12,15H,1-3H3,(H,24,26,28). The van der Waals surface area contributed by atoms with Gasteiger partial charge in [0.05, 0.1) is 26.4 Å². The van der Waals surface area contributed by atoms with Crippen molar-refractivity contribution in [3.8, 4) is 11.3 Å². The number of aryl methyl sites for hydroxylation is 2. The molecule has 0 aliphatic rings. The highest BCUT2D eigenvalue weighted by atomic mass is 32.2. The number of thioether (sulfide) groups is 1. The number of para-hydroxylation sites is 1. The highest BCUT2D eigenvalue weighted by Crippen LogP contribution is 2.30. The molecule has 9 heteroatoms. The van der Waals surface area contributed by atoms with Crippen molar-refractivity contribution in [1.29, 1.82) is 0 Å². The maximum absolute atomic E-state index is 12.7. The Kier molecular flexibility index (Phi) is 6.20. The predicted octanol–water partition coefficient (Wildman–Crippen LogP) is 6.00. The van der Waals surface area contributed by atoms with E-state index in [1.54, 1.807) is 17.5 Å². The number of thiazole rings is 1. The Labute approximate surface area is 193 Å². The summed E-state index contributed by atoms with van der Waals surface area (Å²) in [5, 5.41) is 17.6. The van der Waals surface area contributed by atoms with Crippen LogP contribution < -0.4 is 5.32 Å². The maximum Gasteiger partial charge on any atom is 0.270 e. The van der Waals surface area contributed by atoms with Crippen LogP contribution in [0.15, 0.2) is 58.9 Å². The normalized spacial score (nSPS) is 12.0. The van der Waals surface area contributed by atoms with E-state index in [1.807, 2.05) is 39.0 Å². The number of fused-ring (bicyclic) bond motifs is 1. The van der Waals surface area contributed by atoms with Gasteiger partial charge in [-0.15, -0.1) is 11.3 Å². The number of anilines is 1. The van der Waals surface area contributed by atoms with Gasteiger partial charge in [-0.1, -0.05) is 42.1 Å². The molecule has 162 valence electrons. The van der Waals surface area contributed by atoms with Crippen molar-refractivity contribution in [2.75, 3.05) is 5.32 Å². The molecule has 32 heavy (non-hydrogen) atoms. The van der Waals surface area contributed by atoms with Crippen LogP contribution in [-0.2, 0) is 4.79 Å². The quantitative estimate of drug-likeness (QED) is 0.213. The fourth-order valence-corrected chi connectivity index (χ4v) is 4.92. The van der Waals surface area contributed by atoms with Crippen molar-refractivity contribution in [1.82, 2.24) is 9.97 Å². The first kappa shape index (κ1) is 21.9. The minimum Gasteiger partial charge on any atom is -0.301 e. The average Bonchev–Trinajstić information content (AvgIpc) is 3.23. The van der Waals surface area contributed by atoms with Crippen LogP contribution in [0, 0.1) is 24.0 Å². The molecule has 0 saturated carbocycles. The van der Waals surface area contributed by atoms with E-state index in [0.717, 1.165) is 27.1 Å². The first-order valence-electron chi connectivity index (χ1n) is 9.86. The number of amides is 1. The number of rotatable bonds is 6. The molecule has 0 radical (unpaired) electrons. The van der Waals surface area contributed by atoms with Gasteiger partial charge in [0.25, 0.3) is 5.69 Å². The van der Waals surface area contributed by atoms with E-state index in [9.17, 15) is 14.9 Å². The van der Waals surface area contributed by atoms with Gasteiger partial charge in [-0.3, -0.25) is 14.9 Å².